The van der Waals surface area contributed by atoms with Gasteiger partial charge in [-0.2, -0.15) is 0 Å². The number of amides is 2. The first-order valence-electron chi connectivity index (χ1n) is 7.57. The van der Waals surface area contributed by atoms with Crippen molar-refractivity contribution in [2.24, 2.45) is 5.92 Å². The van der Waals surface area contributed by atoms with Gasteiger partial charge in [0.25, 0.3) is 0 Å². The van der Waals surface area contributed by atoms with Gasteiger partial charge in [0.15, 0.2) is 0 Å². The third kappa shape index (κ3) is 4.31. The summed E-state index contributed by atoms with van der Waals surface area (Å²) < 4.78 is 24.8. The molecule has 0 aromatic carbocycles. The van der Waals surface area contributed by atoms with Gasteiger partial charge in [-0.3, -0.25) is 0 Å². The molecule has 2 saturated heterocycles. The minimum absolute atomic E-state index is 0.0854. The molecule has 2 atom stereocenters. The molecule has 0 aromatic heterocycles. The second kappa shape index (κ2) is 6.93. The summed E-state index contributed by atoms with van der Waals surface area (Å²) in [6.07, 6.45) is 3.36. The number of carbonyl (C=O) groups excluding carboxylic acids is 1. The number of hydrogen-bond donors (Lipinski definition) is 2. The summed E-state index contributed by atoms with van der Waals surface area (Å²) in [5.74, 6) is 0.460. The van der Waals surface area contributed by atoms with Crippen molar-refractivity contribution in [3.63, 3.8) is 0 Å². The number of carbonyl (C=O) groups is 1. The highest BCUT2D eigenvalue weighted by molar-refractivity contribution is 7.89. The van der Waals surface area contributed by atoms with Crippen LogP contribution in [0.25, 0.3) is 0 Å². The van der Waals surface area contributed by atoms with Crippen molar-refractivity contribution in [2.75, 3.05) is 46.0 Å². The van der Waals surface area contributed by atoms with Crippen molar-refractivity contribution in [3.05, 3.63) is 0 Å². The summed E-state index contributed by atoms with van der Waals surface area (Å²) >= 11 is 0. The molecular weight excluding hydrogens is 292 g/mol. The molecule has 0 unspecified atom stereocenters. The molecule has 0 aromatic rings. The van der Waals surface area contributed by atoms with E-state index in [1.54, 1.807) is 0 Å². The van der Waals surface area contributed by atoms with E-state index in [1.165, 1.54) is 19.9 Å². The van der Waals surface area contributed by atoms with Gasteiger partial charge in [-0.05, 0) is 45.8 Å². The van der Waals surface area contributed by atoms with Crippen LogP contribution >= 0.6 is 0 Å². The average Bonchev–Trinajstić information content (AvgIpc) is 2.47. The predicted octanol–water partition coefficient (Wildman–Crippen LogP) is -0.339. The Morgan fingerprint density at radius 3 is 2.76 bits per heavy atom. The molecule has 2 amide bonds. The molecule has 2 heterocycles. The number of urea groups is 1. The van der Waals surface area contributed by atoms with Crippen molar-refractivity contribution in [2.45, 2.75) is 25.3 Å². The molecule has 0 saturated carbocycles. The molecule has 122 valence electrons. The lowest BCUT2D eigenvalue weighted by molar-refractivity contribution is 0.0517. The van der Waals surface area contributed by atoms with Gasteiger partial charge in [0, 0.05) is 25.7 Å². The lowest BCUT2D eigenvalue weighted by Gasteiger charge is -2.45. The summed E-state index contributed by atoms with van der Waals surface area (Å²) in [6, 6.07) is 0.445. The van der Waals surface area contributed by atoms with Crippen LogP contribution in [0, 0.1) is 5.92 Å². The Kier molecular flexibility index (Phi) is 5.45. The number of piperidine rings is 2. The highest BCUT2D eigenvalue weighted by atomic mass is 32.2. The molecule has 2 N–H and O–H groups in total. The standard InChI is InChI=1S/C13H26N4O3S/c1-14-21(19,20)9-6-15-13(18)17-8-5-12-11(10-17)4-3-7-16(12)2/h11-12,14H,3-10H2,1-2H3,(H,15,18)/t11-,12+/m0/s1. The van der Waals surface area contributed by atoms with E-state index < -0.39 is 10.0 Å². The molecule has 8 heteroatoms. The minimum Gasteiger partial charge on any atom is -0.337 e. The van der Waals surface area contributed by atoms with Crippen molar-refractivity contribution in [1.82, 2.24) is 19.8 Å². The summed E-state index contributed by atoms with van der Waals surface area (Å²) in [5.41, 5.74) is 0. The second-order valence-electron chi connectivity index (χ2n) is 5.94. The fraction of sp³-hybridized carbons (Fsp3) is 0.923. The third-order valence-electron chi connectivity index (χ3n) is 4.59. The van der Waals surface area contributed by atoms with E-state index in [1.807, 2.05) is 4.90 Å². The Morgan fingerprint density at radius 2 is 2.05 bits per heavy atom. The molecule has 0 radical (unpaired) electrons. The molecule has 2 rings (SSSR count). The Labute approximate surface area is 127 Å². The van der Waals surface area contributed by atoms with Crippen LogP contribution in [0.4, 0.5) is 4.79 Å². The monoisotopic (exact) mass is 318 g/mol. The maximum atomic E-state index is 12.1. The Hall–Kier alpha value is -0.860. The van der Waals surface area contributed by atoms with Gasteiger partial charge in [-0.15, -0.1) is 0 Å². The number of nitrogens with zero attached hydrogens (tertiary/aromatic N) is 2. The zero-order chi connectivity index (χ0) is 15.5. The van der Waals surface area contributed by atoms with Crippen molar-refractivity contribution in [1.29, 1.82) is 0 Å². The van der Waals surface area contributed by atoms with Gasteiger partial charge in [0.05, 0.1) is 5.75 Å². The summed E-state index contributed by atoms with van der Waals surface area (Å²) in [5, 5.41) is 2.70. The van der Waals surface area contributed by atoms with Gasteiger partial charge in [-0.25, -0.2) is 17.9 Å². The number of fused-ring (bicyclic) bond motifs is 1. The molecule has 21 heavy (non-hydrogen) atoms. The van der Waals surface area contributed by atoms with Crippen molar-refractivity contribution < 1.29 is 13.2 Å². The predicted molar refractivity (Wildman–Crippen MR) is 81.6 cm³/mol. The van der Waals surface area contributed by atoms with Crippen LogP contribution in [0.5, 0.6) is 0 Å². The fourth-order valence-electron chi connectivity index (χ4n) is 3.34. The summed E-state index contributed by atoms with van der Waals surface area (Å²) in [4.78, 5) is 16.3. The van der Waals surface area contributed by atoms with E-state index in [4.69, 9.17) is 0 Å². The Morgan fingerprint density at radius 1 is 1.29 bits per heavy atom. The molecule has 0 aliphatic carbocycles. The fourth-order valence-corrected chi connectivity index (χ4v) is 3.92. The van der Waals surface area contributed by atoms with Crippen LogP contribution in [0.1, 0.15) is 19.3 Å². The quantitative estimate of drug-likeness (QED) is 0.743. The SMILES string of the molecule is CNS(=O)(=O)CCNC(=O)N1CC[C@@H]2[C@@H](CCCN2C)C1. The summed E-state index contributed by atoms with van der Waals surface area (Å²) in [6.45, 7) is 2.82. The number of nitrogens with one attached hydrogen (secondary N) is 2. The number of rotatable bonds is 4. The molecule has 2 aliphatic rings. The second-order valence-corrected chi connectivity index (χ2v) is 7.99. The highest BCUT2D eigenvalue weighted by Gasteiger charge is 2.35. The molecule has 2 aliphatic heterocycles. The molecule has 2 fully saturated rings. The lowest BCUT2D eigenvalue weighted by atomic mass is 9.84. The van der Waals surface area contributed by atoms with Crippen LogP contribution in [-0.4, -0.2) is 76.3 Å². The van der Waals surface area contributed by atoms with Gasteiger partial charge < -0.3 is 15.1 Å². The molecule has 0 spiro atoms. The van der Waals surface area contributed by atoms with E-state index in [2.05, 4.69) is 22.0 Å². The van der Waals surface area contributed by atoms with Gasteiger partial charge >= 0.3 is 6.03 Å². The number of hydrogen-bond acceptors (Lipinski definition) is 4. The molecule has 7 nitrogen and oxygen atoms in total. The van der Waals surface area contributed by atoms with Crippen LogP contribution in [-0.2, 0) is 10.0 Å². The van der Waals surface area contributed by atoms with Crippen LogP contribution in [0.2, 0.25) is 0 Å². The summed E-state index contributed by atoms with van der Waals surface area (Å²) in [7, 11) is 0.276. The lowest BCUT2D eigenvalue weighted by Crippen LogP contribution is -2.55. The Bertz CT molecular complexity index is 468. The van der Waals surface area contributed by atoms with E-state index in [0.29, 0.717) is 12.0 Å². The van der Waals surface area contributed by atoms with E-state index in [-0.39, 0.29) is 18.3 Å². The first-order chi connectivity index (χ1) is 9.93. The van der Waals surface area contributed by atoms with E-state index >= 15 is 0 Å². The molecule has 0 bridgehead atoms. The van der Waals surface area contributed by atoms with Crippen molar-refractivity contribution >= 4 is 16.1 Å². The maximum absolute atomic E-state index is 12.1. The zero-order valence-corrected chi connectivity index (χ0v) is 13.7. The van der Waals surface area contributed by atoms with Crippen molar-refractivity contribution in [3.8, 4) is 0 Å². The van der Waals surface area contributed by atoms with Gasteiger partial charge in [-0.1, -0.05) is 0 Å². The first kappa shape index (κ1) is 16.5. The largest absolute Gasteiger partial charge is 0.337 e. The minimum atomic E-state index is -3.26. The van der Waals surface area contributed by atoms with Crippen LogP contribution in [0.3, 0.4) is 0 Å². The smallest absolute Gasteiger partial charge is 0.317 e. The normalized spacial score (nSPS) is 27.2. The van der Waals surface area contributed by atoms with Crippen LogP contribution < -0.4 is 10.0 Å². The number of sulfonamides is 1. The molecular formula is C13H26N4O3S. The highest BCUT2D eigenvalue weighted by Crippen LogP contribution is 2.29. The van der Waals surface area contributed by atoms with Crippen LogP contribution in [0.15, 0.2) is 0 Å². The van der Waals surface area contributed by atoms with E-state index in [0.717, 1.165) is 26.1 Å². The topological polar surface area (TPSA) is 81.8 Å². The van der Waals surface area contributed by atoms with Gasteiger partial charge in [0.1, 0.15) is 0 Å². The maximum Gasteiger partial charge on any atom is 0.317 e. The Balaban J connectivity index is 1.79. The van der Waals surface area contributed by atoms with E-state index in [9.17, 15) is 13.2 Å². The third-order valence-corrected chi connectivity index (χ3v) is 5.95. The zero-order valence-electron chi connectivity index (χ0n) is 12.8. The first-order valence-corrected chi connectivity index (χ1v) is 9.22. The number of likely N-dealkylation sites (tertiary alicyclic amines) is 2. The van der Waals surface area contributed by atoms with Gasteiger partial charge in [0.2, 0.25) is 10.0 Å². The average molecular weight is 318 g/mol.